The summed E-state index contributed by atoms with van der Waals surface area (Å²) in [7, 11) is 0. The number of nitrogens with zero attached hydrogens (tertiary/aromatic N) is 1. The summed E-state index contributed by atoms with van der Waals surface area (Å²) in [5.41, 5.74) is 0.514. The zero-order valence-electron chi connectivity index (χ0n) is 12.6. The number of rotatable bonds is 6. The van der Waals surface area contributed by atoms with E-state index in [4.69, 9.17) is 17.3 Å². The largest absolute Gasteiger partial charge is 0.573 e. The van der Waals surface area contributed by atoms with Gasteiger partial charge < -0.3 is 9.84 Å². The van der Waals surface area contributed by atoms with Crippen molar-refractivity contribution >= 4 is 46.3 Å². The smallest absolute Gasteiger partial charge is 0.481 e. The molecule has 0 aromatic heterocycles. The van der Waals surface area contributed by atoms with Crippen LogP contribution in [0.15, 0.2) is 29.2 Å². The minimum atomic E-state index is -4.76. The SMILES string of the molecule is O=C(O)CCCN1C(=O)C(=Cc2ccc(OC(F)(F)F)cc2)SC1=S. The van der Waals surface area contributed by atoms with Crippen molar-refractivity contribution in [3.63, 3.8) is 0 Å². The number of ether oxygens (including phenoxy) is 1. The van der Waals surface area contributed by atoms with Gasteiger partial charge in [0.25, 0.3) is 5.91 Å². The number of benzene rings is 1. The molecule has 0 radical (unpaired) electrons. The molecule has 0 unspecified atom stereocenters. The standard InChI is InChI=1S/C15H12F3NO4S2/c16-15(17,18)23-10-5-3-9(4-6-10)8-11-13(22)19(14(24)25-11)7-1-2-12(20)21/h3-6,8H,1-2,7H2,(H,20,21). The fourth-order valence-corrected chi connectivity index (χ4v) is 3.31. The number of halogens is 3. The highest BCUT2D eigenvalue weighted by Crippen LogP contribution is 2.33. The molecule has 1 N–H and O–H groups in total. The van der Waals surface area contributed by atoms with Gasteiger partial charge in [-0.2, -0.15) is 0 Å². The zero-order chi connectivity index (χ0) is 18.6. The Labute approximate surface area is 150 Å². The molecule has 0 bridgehead atoms. The van der Waals surface area contributed by atoms with Gasteiger partial charge in [-0.3, -0.25) is 14.5 Å². The van der Waals surface area contributed by atoms with Crippen molar-refractivity contribution in [2.45, 2.75) is 19.2 Å². The molecule has 1 amide bonds. The number of hydrogen-bond acceptors (Lipinski definition) is 5. The normalized spacial score (nSPS) is 16.6. The monoisotopic (exact) mass is 391 g/mol. The van der Waals surface area contributed by atoms with Crippen LogP contribution in [0.5, 0.6) is 5.75 Å². The van der Waals surface area contributed by atoms with Gasteiger partial charge in [0.2, 0.25) is 0 Å². The molecule has 0 saturated carbocycles. The number of amides is 1. The van der Waals surface area contributed by atoms with Gasteiger partial charge >= 0.3 is 12.3 Å². The van der Waals surface area contributed by atoms with E-state index in [1.54, 1.807) is 0 Å². The third kappa shape index (κ3) is 5.75. The van der Waals surface area contributed by atoms with E-state index in [0.717, 1.165) is 23.9 Å². The molecule has 0 spiro atoms. The Morgan fingerprint density at radius 3 is 2.52 bits per heavy atom. The fourth-order valence-electron chi connectivity index (χ4n) is 2.00. The maximum Gasteiger partial charge on any atom is 0.573 e. The summed E-state index contributed by atoms with van der Waals surface area (Å²) in [5.74, 6) is -1.66. The van der Waals surface area contributed by atoms with Gasteiger partial charge in [-0.25, -0.2) is 0 Å². The molecule has 1 fully saturated rings. The maximum atomic E-state index is 12.3. The van der Waals surface area contributed by atoms with Crippen LogP contribution in [0.3, 0.4) is 0 Å². The van der Waals surface area contributed by atoms with Gasteiger partial charge in [-0.05, 0) is 30.2 Å². The van der Waals surface area contributed by atoms with E-state index < -0.39 is 12.3 Å². The summed E-state index contributed by atoms with van der Waals surface area (Å²) in [6.07, 6.45) is -3.05. The zero-order valence-corrected chi connectivity index (χ0v) is 14.2. The highest BCUT2D eigenvalue weighted by molar-refractivity contribution is 8.26. The average molecular weight is 391 g/mol. The molecule has 1 aliphatic rings. The molecule has 1 aliphatic heterocycles. The van der Waals surface area contributed by atoms with Gasteiger partial charge in [-0.15, -0.1) is 13.2 Å². The predicted octanol–water partition coefficient (Wildman–Crippen LogP) is 3.65. The van der Waals surface area contributed by atoms with E-state index in [-0.39, 0.29) is 31.0 Å². The van der Waals surface area contributed by atoms with Crippen molar-refractivity contribution < 1.29 is 32.6 Å². The summed E-state index contributed by atoms with van der Waals surface area (Å²) < 4.78 is 40.5. The summed E-state index contributed by atoms with van der Waals surface area (Å²) in [6, 6.07) is 5.07. The molecule has 0 aliphatic carbocycles. The van der Waals surface area contributed by atoms with Crippen LogP contribution >= 0.6 is 24.0 Å². The van der Waals surface area contributed by atoms with Gasteiger partial charge in [0.05, 0.1) is 4.91 Å². The highest BCUT2D eigenvalue weighted by atomic mass is 32.2. The quantitative estimate of drug-likeness (QED) is 0.590. The number of carbonyl (C=O) groups is 2. The summed E-state index contributed by atoms with van der Waals surface area (Å²) in [6.45, 7) is 0.201. The second-order valence-electron chi connectivity index (χ2n) is 4.95. The molecule has 1 heterocycles. The minimum absolute atomic E-state index is 0.0726. The molecular weight excluding hydrogens is 379 g/mol. The van der Waals surface area contributed by atoms with Crippen molar-refractivity contribution in [1.82, 2.24) is 4.90 Å². The first-order valence-corrected chi connectivity index (χ1v) is 8.21. The average Bonchev–Trinajstić information content (AvgIpc) is 2.75. The van der Waals surface area contributed by atoms with Gasteiger partial charge in [0.15, 0.2) is 0 Å². The summed E-state index contributed by atoms with van der Waals surface area (Å²) in [4.78, 5) is 24.4. The Hall–Kier alpha value is -2.07. The van der Waals surface area contributed by atoms with E-state index in [0.29, 0.717) is 14.8 Å². The molecule has 2 rings (SSSR count). The van der Waals surface area contributed by atoms with E-state index in [2.05, 4.69) is 4.74 Å². The lowest BCUT2D eigenvalue weighted by Gasteiger charge is -2.13. The van der Waals surface area contributed by atoms with Crippen LogP contribution in [0.25, 0.3) is 6.08 Å². The highest BCUT2D eigenvalue weighted by Gasteiger charge is 2.32. The van der Waals surface area contributed by atoms with E-state index in [9.17, 15) is 22.8 Å². The Kier molecular flexibility index (Phi) is 6.07. The number of thiocarbonyl (C=S) groups is 1. The van der Waals surface area contributed by atoms with Crippen LogP contribution in [0, 0.1) is 0 Å². The van der Waals surface area contributed by atoms with Gasteiger partial charge in [0.1, 0.15) is 10.1 Å². The second-order valence-corrected chi connectivity index (χ2v) is 6.62. The van der Waals surface area contributed by atoms with E-state index >= 15 is 0 Å². The van der Waals surface area contributed by atoms with E-state index in [1.165, 1.54) is 23.1 Å². The predicted molar refractivity (Wildman–Crippen MR) is 89.9 cm³/mol. The number of carbonyl (C=O) groups excluding carboxylic acids is 1. The van der Waals surface area contributed by atoms with Gasteiger partial charge in [-0.1, -0.05) is 36.1 Å². The lowest BCUT2D eigenvalue weighted by molar-refractivity contribution is -0.274. The number of aliphatic carboxylic acids is 1. The Morgan fingerprint density at radius 2 is 1.96 bits per heavy atom. The second kappa shape index (κ2) is 7.87. The topological polar surface area (TPSA) is 66.8 Å². The van der Waals surface area contributed by atoms with Crippen LogP contribution in [-0.2, 0) is 9.59 Å². The maximum absolute atomic E-state index is 12.3. The molecule has 5 nitrogen and oxygen atoms in total. The van der Waals surface area contributed by atoms with Crippen molar-refractivity contribution in [3.05, 3.63) is 34.7 Å². The summed E-state index contributed by atoms with van der Waals surface area (Å²) in [5, 5.41) is 8.63. The third-order valence-electron chi connectivity index (χ3n) is 3.06. The molecule has 10 heteroatoms. The molecule has 0 atom stereocenters. The molecule has 25 heavy (non-hydrogen) atoms. The first-order valence-electron chi connectivity index (χ1n) is 6.99. The first-order chi connectivity index (χ1) is 11.7. The number of hydrogen-bond donors (Lipinski definition) is 1. The molecule has 1 saturated heterocycles. The van der Waals surface area contributed by atoms with Crippen LogP contribution in [0.4, 0.5) is 13.2 Å². The Morgan fingerprint density at radius 1 is 1.32 bits per heavy atom. The van der Waals surface area contributed by atoms with Crippen molar-refractivity contribution in [1.29, 1.82) is 0 Å². The van der Waals surface area contributed by atoms with Crippen molar-refractivity contribution in [3.8, 4) is 5.75 Å². The van der Waals surface area contributed by atoms with Crippen LogP contribution in [-0.4, -0.2) is 39.1 Å². The third-order valence-corrected chi connectivity index (χ3v) is 4.44. The number of carboxylic acid groups (broad SMARTS) is 1. The number of alkyl halides is 3. The number of thioether (sulfide) groups is 1. The van der Waals surface area contributed by atoms with Crippen LogP contribution in [0.1, 0.15) is 18.4 Å². The fraction of sp³-hybridized carbons (Fsp3) is 0.267. The number of carboxylic acids is 1. The Balaban J connectivity index is 2.04. The van der Waals surface area contributed by atoms with Crippen molar-refractivity contribution in [2.24, 2.45) is 0 Å². The van der Waals surface area contributed by atoms with Gasteiger partial charge in [0, 0.05) is 13.0 Å². The van der Waals surface area contributed by atoms with Crippen LogP contribution in [0.2, 0.25) is 0 Å². The molecule has 1 aromatic carbocycles. The lowest BCUT2D eigenvalue weighted by atomic mass is 10.2. The minimum Gasteiger partial charge on any atom is -0.481 e. The lowest BCUT2D eigenvalue weighted by Crippen LogP contribution is -2.29. The molecule has 134 valence electrons. The Bertz CT molecular complexity index is 716. The summed E-state index contributed by atoms with van der Waals surface area (Å²) >= 11 is 6.17. The van der Waals surface area contributed by atoms with E-state index in [1.807, 2.05) is 0 Å². The van der Waals surface area contributed by atoms with Crippen molar-refractivity contribution in [2.75, 3.05) is 6.54 Å². The molecule has 1 aromatic rings. The first kappa shape index (κ1) is 19.3. The van der Waals surface area contributed by atoms with Crippen LogP contribution < -0.4 is 4.74 Å². The molecular formula is C15H12F3NO4S2.